The highest BCUT2D eigenvalue weighted by Crippen LogP contribution is 2.25. The molecule has 0 aliphatic carbocycles. The summed E-state index contributed by atoms with van der Waals surface area (Å²) in [6, 6.07) is 8.06. The van der Waals surface area contributed by atoms with Gasteiger partial charge in [-0.15, -0.1) is 11.8 Å². The number of carbonyl (C=O) groups excluding carboxylic acids is 1. The number of Topliss-reactive ketones (excluding diaryl/α,β-unsaturated/α-hetero) is 1. The molecule has 6 heteroatoms. The minimum atomic E-state index is -0.494. The zero-order valence-corrected chi connectivity index (χ0v) is 16.0. The number of benzene rings is 1. The van der Waals surface area contributed by atoms with Crippen LogP contribution in [0.4, 0.5) is 0 Å². The molecule has 2 heterocycles. The minimum Gasteiger partial charge on any atom is -0.379 e. The van der Waals surface area contributed by atoms with Gasteiger partial charge in [0, 0.05) is 42.5 Å². The Kier molecular flexibility index (Phi) is 6.52. The van der Waals surface area contributed by atoms with Crippen molar-refractivity contribution in [3.63, 3.8) is 0 Å². The second kappa shape index (κ2) is 8.64. The summed E-state index contributed by atoms with van der Waals surface area (Å²) < 4.78 is 10.8. The quantitative estimate of drug-likeness (QED) is 0.570. The molecule has 0 atom stereocenters. The van der Waals surface area contributed by atoms with Crippen molar-refractivity contribution in [2.75, 3.05) is 58.5 Å². The lowest BCUT2D eigenvalue weighted by molar-refractivity contribution is -0.00430. The average molecular weight is 365 g/mol. The SMILES string of the molecule is CC(C)(C(=O)c1ccc(SCN2CCOCC2)cc1)N1CCOCC1. The highest BCUT2D eigenvalue weighted by molar-refractivity contribution is 7.99. The molecule has 2 aliphatic heterocycles. The molecule has 2 aliphatic rings. The van der Waals surface area contributed by atoms with E-state index in [-0.39, 0.29) is 5.78 Å². The van der Waals surface area contributed by atoms with E-state index in [0.29, 0.717) is 13.2 Å². The summed E-state index contributed by atoms with van der Waals surface area (Å²) in [7, 11) is 0. The first kappa shape index (κ1) is 18.9. The van der Waals surface area contributed by atoms with Crippen molar-refractivity contribution in [1.82, 2.24) is 9.80 Å². The van der Waals surface area contributed by atoms with Crippen molar-refractivity contribution in [1.29, 1.82) is 0 Å². The Morgan fingerprint density at radius 3 is 2.16 bits per heavy atom. The molecule has 3 rings (SSSR count). The van der Waals surface area contributed by atoms with Gasteiger partial charge in [-0.2, -0.15) is 0 Å². The van der Waals surface area contributed by atoms with E-state index in [1.807, 2.05) is 37.7 Å². The fourth-order valence-corrected chi connectivity index (χ4v) is 4.14. The van der Waals surface area contributed by atoms with Gasteiger partial charge in [0.2, 0.25) is 0 Å². The number of thioether (sulfide) groups is 1. The molecule has 0 amide bonds. The molecule has 1 aromatic carbocycles. The Balaban J connectivity index is 1.57. The van der Waals surface area contributed by atoms with Gasteiger partial charge >= 0.3 is 0 Å². The number of carbonyl (C=O) groups is 1. The van der Waals surface area contributed by atoms with Crippen LogP contribution in [0.5, 0.6) is 0 Å². The van der Waals surface area contributed by atoms with Gasteiger partial charge in [-0.25, -0.2) is 0 Å². The first-order chi connectivity index (χ1) is 12.1. The van der Waals surface area contributed by atoms with Crippen LogP contribution in [0.1, 0.15) is 24.2 Å². The van der Waals surface area contributed by atoms with E-state index < -0.39 is 5.54 Å². The normalized spacial score (nSPS) is 20.6. The summed E-state index contributed by atoms with van der Waals surface area (Å²) in [5.41, 5.74) is 0.291. The van der Waals surface area contributed by atoms with Gasteiger partial charge in [-0.05, 0) is 26.0 Å². The third kappa shape index (κ3) is 4.83. The Bertz CT molecular complexity index is 565. The van der Waals surface area contributed by atoms with E-state index in [2.05, 4.69) is 21.9 Å². The fourth-order valence-electron chi connectivity index (χ4n) is 3.22. The topological polar surface area (TPSA) is 42.0 Å². The maximum atomic E-state index is 13.0. The molecule has 0 radical (unpaired) electrons. The van der Waals surface area contributed by atoms with E-state index in [1.54, 1.807) is 0 Å². The summed E-state index contributed by atoms with van der Waals surface area (Å²) in [6.45, 7) is 10.7. The molecule has 138 valence electrons. The number of ketones is 1. The number of rotatable bonds is 6. The lowest BCUT2D eigenvalue weighted by Crippen LogP contribution is -2.54. The molecule has 0 unspecified atom stereocenters. The van der Waals surface area contributed by atoms with E-state index in [9.17, 15) is 4.79 Å². The van der Waals surface area contributed by atoms with Gasteiger partial charge in [0.05, 0.1) is 32.0 Å². The predicted octanol–water partition coefficient (Wildman–Crippen LogP) is 2.36. The highest BCUT2D eigenvalue weighted by atomic mass is 32.2. The van der Waals surface area contributed by atoms with Crippen molar-refractivity contribution in [2.45, 2.75) is 24.3 Å². The van der Waals surface area contributed by atoms with Crippen LogP contribution < -0.4 is 0 Å². The first-order valence-electron chi connectivity index (χ1n) is 8.98. The van der Waals surface area contributed by atoms with Crippen molar-refractivity contribution >= 4 is 17.5 Å². The second-order valence-corrected chi connectivity index (χ2v) is 8.03. The van der Waals surface area contributed by atoms with Gasteiger partial charge in [0.1, 0.15) is 0 Å². The average Bonchev–Trinajstić information content (AvgIpc) is 2.68. The van der Waals surface area contributed by atoms with Crippen LogP contribution in [-0.4, -0.2) is 79.6 Å². The summed E-state index contributed by atoms with van der Waals surface area (Å²) in [5, 5.41) is 0. The first-order valence-corrected chi connectivity index (χ1v) is 9.96. The number of hydrogen-bond donors (Lipinski definition) is 0. The lowest BCUT2D eigenvalue weighted by Gasteiger charge is -2.39. The molecular weight excluding hydrogens is 336 g/mol. The Labute approximate surface area is 154 Å². The van der Waals surface area contributed by atoms with E-state index in [0.717, 1.165) is 50.8 Å². The van der Waals surface area contributed by atoms with Gasteiger partial charge in [-0.3, -0.25) is 14.6 Å². The van der Waals surface area contributed by atoms with Gasteiger partial charge in [0.15, 0.2) is 5.78 Å². The fraction of sp³-hybridized carbons (Fsp3) is 0.632. The molecule has 0 bridgehead atoms. The molecule has 2 saturated heterocycles. The van der Waals surface area contributed by atoms with Crippen LogP contribution in [-0.2, 0) is 9.47 Å². The third-order valence-corrected chi connectivity index (χ3v) is 6.09. The van der Waals surface area contributed by atoms with Crippen molar-refractivity contribution in [3.05, 3.63) is 29.8 Å². The smallest absolute Gasteiger partial charge is 0.182 e. The van der Waals surface area contributed by atoms with Gasteiger partial charge < -0.3 is 9.47 Å². The summed E-state index contributed by atoms with van der Waals surface area (Å²) >= 11 is 1.82. The Morgan fingerprint density at radius 1 is 1.00 bits per heavy atom. The van der Waals surface area contributed by atoms with Crippen molar-refractivity contribution < 1.29 is 14.3 Å². The molecule has 0 aromatic heterocycles. The number of ether oxygens (including phenoxy) is 2. The highest BCUT2D eigenvalue weighted by Gasteiger charge is 2.35. The minimum absolute atomic E-state index is 0.180. The van der Waals surface area contributed by atoms with Crippen LogP contribution >= 0.6 is 11.8 Å². The van der Waals surface area contributed by atoms with Gasteiger partial charge in [-0.1, -0.05) is 12.1 Å². The molecule has 2 fully saturated rings. The summed E-state index contributed by atoms with van der Waals surface area (Å²) in [6.07, 6.45) is 0. The predicted molar refractivity (Wildman–Crippen MR) is 100 cm³/mol. The van der Waals surface area contributed by atoms with Crippen molar-refractivity contribution in [2.24, 2.45) is 0 Å². The summed E-state index contributed by atoms with van der Waals surface area (Å²) in [4.78, 5) is 18.8. The maximum Gasteiger partial charge on any atom is 0.182 e. The monoisotopic (exact) mass is 364 g/mol. The standard InChI is InChI=1S/C19H28N2O3S/c1-19(2,21-9-13-24-14-10-21)18(22)16-3-5-17(6-4-16)25-15-20-7-11-23-12-8-20/h3-6H,7-15H2,1-2H3. The van der Waals surface area contributed by atoms with Crippen LogP contribution in [0.25, 0.3) is 0 Å². The zero-order chi connectivity index (χ0) is 17.7. The Hall–Kier alpha value is -0.920. The molecule has 0 saturated carbocycles. The third-order valence-electron chi connectivity index (χ3n) is 4.99. The molecule has 0 spiro atoms. The molecule has 25 heavy (non-hydrogen) atoms. The summed E-state index contributed by atoms with van der Waals surface area (Å²) in [5.74, 6) is 1.15. The number of hydrogen-bond acceptors (Lipinski definition) is 6. The number of morpholine rings is 2. The maximum absolute atomic E-state index is 13.0. The number of nitrogens with zero attached hydrogens (tertiary/aromatic N) is 2. The van der Waals surface area contributed by atoms with Crippen LogP contribution in [0.2, 0.25) is 0 Å². The van der Waals surface area contributed by atoms with Crippen LogP contribution in [0.3, 0.4) is 0 Å². The molecular formula is C19H28N2O3S. The van der Waals surface area contributed by atoms with E-state index in [4.69, 9.17) is 9.47 Å². The molecule has 0 N–H and O–H groups in total. The Morgan fingerprint density at radius 2 is 1.56 bits per heavy atom. The van der Waals surface area contributed by atoms with Crippen molar-refractivity contribution in [3.8, 4) is 0 Å². The largest absolute Gasteiger partial charge is 0.379 e. The van der Waals surface area contributed by atoms with Crippen LogP contribution in [0, 0.1) is 0 Å². The van der Waals surface area contributed by atoms with E-state index >= 15 is 0 Å². The lowest BCUT2D eigenvalue weighted by atomic mass is 9.91. The second-order valence-electron chi connectivity index (χ2n) is 7.02. The van der Waals surface area contributed by atoms with E-state index in [1.165, 1.54) is 4.90 Å². The van der Waals surface area contributed by atoms with Gasteiger partial charge in [0.25, 0.3) is 0 Å². The molecule has 1 aromatic rings. The zero-order valence-electron chi connectivity index (χ0n) is 15.2. The van der Waals surface area contributed by atoms with Crippen LogP contribution in [0.15, 0.2) is 29.2 Å². The molecule has 5 nitrogen and oxygen atoms in total.